The molecule has 0 aliphatic heterocycles. The van der Waals surface area contributed by atoms with E-state index in [4.69, 9.17) is 21.6 Å². The van der Waals surface area contributed by atoms with E-state index in [1.807, 2.05) is 54.6 Å². The van der Waals surface area contributed by atoms with Crippen LogP contribution >= 0.6 is 11.8 Å². The van der Waals surface area contributed by atoms with Gasteiger partial charge < -0.3 is 16.2 Å². The molecule has 0 unspecified atom stereocenters. The topological polar surface area (TPSA) is 97.5 Å². The quantitative estimate of drug-likeness (QED) is 0.393. The number of ether oxygens (including phenoxy) is 1. The molecule has 0 saturated heterocycles. The predicted molar refractivity (Wildman–Crippen MR) is 110 cm³/mol. The minimum Gasteiger partial charge on any atom is -0.456 e. The number of nitrogens with one attached hydrogen (secondary N) is 1. The van der Waals surface area contributed by atoms with E-state index in [1.54, 1.807) is 13.8 Å². The van der Waals surface area contributed by atoms with Gasteiger partial charge in [-0.3, -0.25) is 5.41 Å². The van der Waals surface area contributed by atoms with Crippen LogP contribution in [0.25, 0.3) is 0 Å². The maximum atomic E-state index is 8.48. The lowest BCUT2D eigenvalue weighted by atomic mass is 10.1. The van der Waals surface area contributed by atoms with Crippen LogP contribution in [0.3, 0.4) is 0 Å². The Hall–Kier alpha value is -2.99. The van der Waals surface area contributed by atoms with E-state index in [2.05, 4.69) is 11.6 Å². The van der Waals surface area contributed by atoms with Gasteiger partial charge in [0.15, 0.2) is 0 Å². The van der Waals surface area contributed by atoms with Gasteiger partial charge in [0.05, 0.1) is 10.6 Å². The number of para-hydroxylation sites is 2. The van der Waals surface area contributed by atoms with Gasteiger partial charge in [-0.15, -0.1) is 0 Å². The Morgan fingerprint density at radius 2 is 1.65 bits per heavy atom. The van der Waals surface area contributed by atoms with Crippen molar-refractivity contribution in [1.29, 1.82) is 5.41 Å². The number of allylic oxidation sites excluding steroid dienone is 1. The second-order valence-electron chi connectivity index (χ2n) is 5.54. The first-order valence-corrected chi connectivity index (χ1v) is 8.75. The molecule has 0 heterocycles. The summed E-state index contributed by atoms with van der Waals surface area (Å²) in [4.78, 5) is 4.93. The molecule has 0 spiro atoms. The van der Waals surface area contributed by atoms with E-state index in [-0.39, 0.29) is 10.9 Å². The lowest BCUT2D eigenvalue weighted by Gasteiger charge is -2.14. The van der Waals surface area contributed by atoms with Crippen LogP contribution < -0.4 is 16.2 Å². The van der Waals surface area contributed by atoms with Crippen molar-refractivity contribution in [3.63, 3.8) is 0 Å². The average molecular weight is 366 g/mol. The smallest absolute Gasteiger partial charge is 0.141 e. The summed E-state index contributed by atoms with van der Waals surface area (Å²) in [5.41, 5.74) is 13.1. The summed E-state index contributed by atoms with van der Waals surface area (Å²) in [7, 11) is 0. The third kappa shape index (κ3) is 5.26. The van der Waals surface area contributed by atoms with Crippen molar-refractivity contribution in [2.75, 3.05) is 0 Å². The minimum atomic E-state index is 0.173. The molecule has 5 N–H and O–H groups in total. The van der Waals surface area contributed by atoms with E-state index < -0.39 is 0 Å². The molecular formula is C20H22N4OS. The number of hydrogen-bond donors (Lipinski definition) is 3. The highest BCUT2D eigenvalue weighted by Crippen LogP contribution is 2.34. The standard InChI is InChI=1S/C20H22N4OS/c1-13(21)19(14(2)24-15(3)22)20(23)26-18-12-8-7-11-17(18)25-16-9-5-4-6-10-16/h4-12,23H,3,21-22H2,1-2H3/b19-13-,23-20?,24-14-. The van der Waals surface area contributed by atoms with Crippen LogP contribution in [-0.4, -0.2) is 10.8 Å². The second kappa shape index (κ2) is 8.92. The summed E-state index contributed by atoms with van der Waals surface area (Å²) in [6.07, 6.45) is 0. The summed E-state index contributed by atoms with van der Waals surface area (Å²) in [5.74, 6) is 1.57. The monoisotopic (exact) mass is 366 g/mol. The van der Waals surface area contributed by atoms with Gasteiger partial charge in [0.25, 0.3) is 0 Å². The Labute approximate surface area is 158 Å². The summed E-state index contributed by atoms with van der Waals surface area (Å²) in [5, 5.41) is 8.74. The van der Waals surface area contributed by atoms with Gasteiger partial charge in [0.1, 0.15) is 22.4 Å². The van der Waals surface area contributed by atoms with Crippen LogP contribution in [0, 0.1) is 5.41 Å². The van der Waals surface area contributed by atoms with E-state index >= 15 is 0 Å². The number of nitrogens with two attached hydrogens (primary N) is 2. The molecule has 26 heavy (non-hydrogen) atoms. The van der Waals surface area contributed by atoms with Crippen LogP contribution in [0.1, 0.15) is 13.8 Å². The first-order chi connectivity index (χ1) is 12.4. The summed E-state index contributed by atoms with van der Waals surface area (Å²) >= 11 is 1.25. The highest BCUT2D eigenvalue weighted by atomic mass is 32.2. The Bertz CT molecular complexity index is 868. The average Bonchev–Trinajstić information content (AvgIpc) is 2.56. The fraction of sp³-hybridized carbons (Fsp3) is 0.100. The molecule has 2 aromatic carbocycles. The first kappa shape index (κ1) is 19.3. The van der Waals surface area contributed by atoms with Crippen LogP contribution in [-0.2, 0) is 0 Å². The number of hydrogen-bond acceptors (Lipinski definition) is 6. The van der Waals surface area contributed by atoms with E-state index in [1.165, 1.54) is 11.8 Å². The van der Waals surface area contributed by atoms with E-state index in [0.29, 0.717) is 22.7 Å². The normalized spacial score (nSPS) is 12.3. The maximum absolute atomic E-state index is 8.48. The van der Waals surface area contributed by atoms with Crippen molar-refractivity contribution < 1.29 is 4.74 Å². The van der Waals surface area contributed by atoms with E-state index in [0.717, 1.165) is 10.6 Å². The molecule has 0 amide bonds. The van der Waals surface area contributed by atoms with Crippen LogP contribution in [0.2, 0.25) is 0 Å². The van der Waals surface area contributed by atoms with E-state index in [9.17, 15) is 0 Å². The highest BCUT2D eigenvalue weighted by Gasteiger charge is 2.16. The number of thioether (sulfide) groups is 1. The predicted octanol–water partition coefficient (Wildman–Crippen LogP) is 4.67. The largest absolute Gasteiger partial charge is 0.456 e. The zero-order chi connectivity index (χ0) is 19.1. The molecule has 0 saturated carbocycles. The molecule has 0 radical (unpaired) electrons. The van der Waals surface area contributed by atoms with Gasteiger partial charge in [0, 0.05) is 11.3 Å². The Morgan fingerprint density at radius 3 is 2.27 bits per heavy atom. The molecule has 5 nitrogen and oxygen atoms in total. The number of nitrogens with zero attached hydrogens (tertiary/aromatic N) is 1. The minimum absolute atomic E-state index is 0.173. The first-order valence-electron chi connectivity index (χ1n) is 7.93. The highest BCUT2D eigenvalue weighted by molar-refractivity contribution is 8.14. The lowest BCUT2D eigenvalue weighted by molar-refractivity contribution is 0.471. The maximum Gasteiger partial charge on any atom is 0.141 e. The van der Waals surface area contributed by atoms with Gasteiger partial charge in [-0.1, -0.05) is 48.7 Å². The van der Waals surface area contributed by atoms with Gasteiger partial charge in [0.2, 0.25) is 0 Å². The molecule has 134 valence electrons. The lowest BCUT2D eigenvalue weighted by Crippen LogP contribution is -2.14. The zero-order valence-electron chi connectivity index (χ0n) is 14.8. The second-order valence-corrected chi connectivity index (χ2v) is 6.59. The van der Waals surface area contributed by atoms with Crippen LogP contribution in [0.15, 0.2) is 88.2 Å². The fourth-order valence-electron chi connectivity index (χ4n) is 2.30. The number of aliphatic imine (C=N–C) groups is 1. The molecule has 0 bridgehead atoms. The molecular weight excluding hydrogens is 344 g/mol. The number of rotatable bonds is 6. The fourth-order valence-corrected chi connectivity index (χ4v) is 3.28. The molecule has 0 aliphatic rings. The van der Waals surface area contributed by atoms with Crippen molar-refractivity contribution >= 4 is 22.5 Å². The molecule has 0 atom stereocenters. The van der Waals surface area contributed by atoms with Gasteiger partial charge >= 0.3 is 0 Å². The summed E-state index contributed by atoms with van der Waals surface area (Å²) in [6.45, 7) is 7.06. The van der Waals surface area contributed by atoms with Crippen LogP contribution in [0.5, 0.6) is 11.5 Å². The van der Waals surface area contributed by atoms with Crippen molar-refractivity contribution in [1.82, 2.24) is 0 Å². The van der Waals surface area contributed by atoms with Crippen molar-refractivity contribution in [2.24, 2.45) is 16.5 Å². The molecule has 0 fully saturated rings. The van der Waals surface area contributed by atoms with Gasteiger partial charge in [-0.2, -0.15) is 0 Å². The Balaban J connectivity index is 2.29. The van der Waals surface area contributed by atoms with Crippen LogP contribution in [0.4, 0.5) is 0 Å². The Kier molecular flexibility index (Phi) is 6.63. The molecule has 2 rings (SSSR count). The Morgan fingerprint density at radius 1 is 1.04 bits per heavy atom. The molecule has 2 aromatic rings. The SMILES string of the molecule is C=C(N)/N=C(C)\C(C(=N)Sc1ccccc1Oc1ccccc1)=C(/C)N. The van der Waals surface area contributed by atoms with Crippen molar-refractivity contribution in [2.45, 2.75) is 18.7 Å². The van der Waals surface area contributed by atoms with Gasteiger partial charge in [-0.25, -0.2) is 4.99 Å². The molecule has 6 heteroatoms. The summed E-state index contributed by atoms with van der Waals surface area (Å²) < 4.78 is 5.95. The third-order valence-electron chi connectivity index (χ3n) is 3.33. The van der Waals surface area contributed by atoms with Crippen molar-refractivity contribution in [3.05, 3.63) is 78.3 Å². The number of benzene rings is 2. The zero-order valence-corrected chi connectivity index (χ0v) is 15.6. The third-order valence-corrected chi connectivity index (χ3v) is 4.29. The molecule has 0 aliphatic carbocycles. The molecule has 0 aromatic heterocycles. The summed E-state index contributed by atoms with van der Waals surface area (Å²) in [6, 6.07) is 17.1. The van der Waals surface area contributed by atoms with Gasteiger partial charge in [-0.05, 0) is 38.1 Å². The van der Waals surface area contributed by atoms with Crippen molar-refractivity contribution in [3.8, 4) is 11.5 Å².